The second kappa shape index (κ2) is 6.77. The largest absolute Gasteiger partial charge is 0.486 e. The van der Waals surface area contributed by atoms with Crippen molar-refractivity contribution in [2.75, 3.05) is 13.2 Å². The highest BCUT2D eigenvalue weighted by molar-refractivity contribution is 9.11. The zero-order chi connectivity index (χ0) is 13.9. The number of benzene rings is 1. The van der Waals surface area contributed by atoms with Crippen molar-refractivity contribution in [3.05, 3.63) is 26.6 Å². The van der Waals surface area contributed by atoms with Crippen LogP contribution in [0.1, 0.15) is 31.2 Å². The van der Waals surface area contributed by atoms with E-state index in [9.17, 15) is 0 Å². The lowest BCUT2D eigenvalue weighted by Crippen LogP contribution is -2.28. The highest BCUT2D eigenvalue weighted by Crippen LogP contribution is 2.36. The van der Waals surface area contributed by atoms with E-state index in [0.717, 1.165) is 46.7 Å². The van der Waals surface area contributed by atoms with Crippen LogP contribution >= 0.6 is 31.9 Å². The van der Waals surface area contributed by atoms with Crippen molar-refractivity contribution in [1.82, 2.24) is 5.32 Å². The summed E-state index contributed by atoms with van der Waals surface area (Å²) in [4.78, 5) is 0. The van der Waals surface area contributed by atoms with Gasteiger partial charge in [0.25, 0.3) is 0 Å². The molecule has 3 rings (SSSR count). The Morgan fingerprint density at radius 1 is 1.20 bits per heavy atom. The summed E-state index contributed by atoms with van der Waals surface area (Å²) in [5, 5.41) is 3.53. The zero-order valence-electron chi connectivity index (χ0n) is 11.3. The van der Waals surface area contributed by atoms with Gasteiger partial charge >= 0.3 is 0 Å². The van der Waals surface area contributed by atoms with Crippen molar-refractivity contribution >= 4 is 31.9 Å². The number of nitrogens with one attached hydrogen (secondary N) is 1. The standard InChI is InChI=1S/C15H19Br2NO2/c16-13-6-10(8-18-11-3-4-11)7-14(17)15(13)20-12-2-1-5-19-9-12/h6-7,11-12,18H,1-5,8-9H2. The van der Waals surface area contributed by atoms with Crippen LogP contribution in [-0.4, -0.2) is 25.4 Å². The van der Waals surface area contributed by atoms with E-state index >= 15 is 0 Å². The van der Waals surface area contributed by atoms with Crippen LogP contribution in [-0.2, 0) is 11.3 Å². The Morgan fingerprint density at radius 2 is 1.95 bits per heavy atom. The summed E-state index contributed by atoms with van der Waals surface area (Å²) in [7, 11) is 0. The van der Waals surface area contributed by atoms with E-state index in [1.165, 1.54) is 18.4 Å². The van der Waals surface area contributed by atoms with E-state index in [-0.39, 0.29) is 6.10 Å². The Bertz CT molecular complexity index is 448. The molecule has 1 N–H and O–H groups in total. The molecule has 1 saturated carbocycles. The van der Waals surface area contributed by atoms with Crippen molar-refractivity contribution in [1.29, 1.82) is 0 Å². The molecule has 1 atom stereocenters. The van der Waals surface area contributed by atoms with Gasteiger partial charge in [-0.25, -0.2) is 0 Å². The van der Waals surface area contributed by atoms with E-state index < -0.39 is 0 Å². The third-order valence-electron chi connectivity index (χ3n) is 3.63. The fraction of sp³-hybridized carbons (Fsp3) is 0.600. The summed E-state index contributed by atoms with van der Waals surface area (Å²) in [5.74, 6) is 0.885. The van der Waals surface area contributed by atoms with Crippen LogP contribution in [0, 0.1) is 0 Å². The van der Waals surface area contributed by atoms with Crippen molar-refractivity contribution < 1.29 is 9.47 Å². The third-order valence-corrected chi connectivity index (χ3v) is 4.81. The van der Waals surface area contributed by atoms with Crippen LogP contribution in [0.4, 0.5) is 0 Å². The van der Waals surface area contributed by atoms with E-state index in [4.69, 9.17) is 9.47 Å². The lowest BCUT2D eigenvalue weighted by molar-refractivity contribution is 0.00678. The molecule has 20 heavy (non-hydrogen) atoms. The highest BCUT2D eigenvalue weighted by Gasteiger charge is 2.21. The molecule has 2 aliphatic rings. The van der Waals surface area contributed by atoms with Gasteiger partial charge in [-0.3, -0.25) is 0 Å². The molecule has 3 nitrogen and oxygen atoms in total. The smallest absolute Gasteiger partial charge is 0.148 e. The number of hydrogen-bond donors (Lipinski definition) is 1. The molecule has 0 spiro atoms. The first-order valence-electron chi connectivity index (χ1n) is 7.18. The molecule has 0 amide bonds. The van der Waals surface area contributed by atoms with Gasteiger partial charge in [0.05, 0.1) is 15.6 Å². The summed E-state index contributed by atoms with van der Waals surface area (Å²) in [5.41, 5.74) is 1.27. The quantitative estimate of drug-likeness (QED) is 0.803. The molecular formula is C15H19Br2NO2. The zero-order valence-corrected chi connectivity index (χ0v) is 14.5. The minimum absolute atomic E-state index is 0.159. The maximum atomic E-state index is 6.07. The van der Waals surface area contributed by atoms with E-state index in [1.807, 2.05) is 0 Å². The van der Waals surface area contributed by atoms with Crippen LogP contribution in [0.5, 0.6) is 5.75 Å². The average molecular weight is 405 g/mol. The molecule has 0 aromatic heterocycles. The first-order chi connectivity index (χ1) is 9.72. The Kier molecular flexibility index (Phi) is 5.02. The predicted octanol–water partition coefficient (Wildman–Crippen LogP) is 4.02. The molecule has 1 saturated heterocycles. The Hall–Kier alpha value is -0.100. The van der Waals surface area contributed by atoms with Crippen LogP contribution in [0.2, 0.25) is 0 Å². The van der Waals surface area contributed by atoms with E-state index in [0.29, 0.717) is 6.61 Å². The number of rotatable bonds is 5. The predicted molar refractivity (Wildman–Crippen MR) is 86.2 cm³/mol. The lowest BCUT2D eigenvalue weighted by Gasteiger charge is -2.24. The Balaban J connectivity index is 1.66. The molecule has 1 aromatic rings. The summed E-state index contributed by atoms with van der Waals surface area (Å²) in [6, 6.07) is 5.00. The maximum Gasteiger partial charge on any atom is 0.148 e. The minimum atomic E-state index is 0.159. The highest BCUT2D eigenvalue weighted by atomic mass is 79.9. The van der Waals surface area contributed by atoms with Gasteiger partial charge in [-0.15, -0.1) is 0 Å². The van der Waals surface area contributed by atoms with Gasteiger partial charge in [0, 0.05) is 19.2 Å². The van der Waals surface area contributed by atoms with Crippen LogP contribution in [0.15, 0.2) is 21.1 Å². The molecule has 110 valence electrons. The topological polar surface area (TPSA) is 30.5 Å². The molecule has 0 radical (unpaired) electrons. The van der Waals surface area contributed by atoms with Gasteiger partial charge in [0.1, 0.15) is 11.9 Å². The van der Waals surface area contributed by atoms with Gasteiger partial charge in [-0.1, -0.05) is 0 Å². The SMILES string of the molecule is Brc1cc(CNC2CC2)cc(Br)c1OC1CCCOC1. The molecule has 1 heterocycles. The summed E-state index contributed by atoms with van der Waals surface area (Å²) >= 11 is 7.25. The normalized spacial score (nSPS) is 22.8. The molecule has 1 unspecified atom stereocenters. The first kappa shape index (κ1) is 14.8. The van der Waals surface area contributed by atoms with Gasteiger partial charge in [0.15, 0.2) is 0 Å². The van der Waals surface area contributed by atoms with Crippen molar-refractivity contribution in [2.45, 2.75) is 44.4 Å². The van der Waals surface area contributed by atoms with Crippen LogP contribution < -0.4 is 10.1 Å². The second-order valence-electron chi connectivity index (χ2n) is 5.50. The molecule has 0 bridgehead atoms. The number of halogens is 2. The first-order valence-corrected chi connectivity index (χ1v) is 8.76. The molecule has 1 aliphatic carbocycles. The van der Waals surface area contributed by atoms with Crippen LogP contribution in [0.3, 0.4) is 0 Å². The van der Waals surface area contributed by atoms with Crippen molar-refractivity contribution in [2.24, 2.45) is 0 Å². The molecular weight excluding hydrogens is 386 g/mol. The van der Waals surface area contributed by atoms with Gasteiger partial charge in [-0.2, -0.15) is 0 Å². The fourth-order valence-corrected chi connectivity index (χ4v) is 3.82. The third kappa shape index (κ3) is 3.97. The number of ether oxygens (including phenoxy) is 2. The van der Waals surface area contributed by atoms with E-state index in [2.05, 4.69) is 49.3 Å². The molecule has 5 heteroatoms. The minimum Gasteiger partial charge on any atom is -0.486 e. The molecule has 1 aromatic carbocycles. The Labute approximate surface area is 136 Å². The van der Waals surface area contributed by atoms with Crippen LogP contribution in [0.25, 0.3) is 0 Å². The van der Waals surface area contributed by atoms with Crippen molar-refractivity contribution in [3.8, 4) is 5.75 Å². The summed E-state index contributed by atoms with van der Waals surface area (Å²) in [6.07, 6.45) is 4.91. The van der Waals surface area contributed by atoms with Gasteiger partial charge < -0.3 is 14.8 Å². The number of hydrogen-bond acceptors (Lipinski definition) is 3. The fourth-order valence-electron chi connectivity index (χ4n) is 2.35. The van der Waals surface area contributed by atoms with Crippen molar-refractivity contribution in [3.63, 3.8) is 0 Å². The monoisotopic (exact) mass is 403 g/mol. The van der Waals surface area contributed by atoms with Gasteiger partial charge in [-0.05, 0) is 75.2 Å². The summed E-state index contributed by atoms with van der Waals surface area (Å²) in [6.45, 7) is 2.45. The van der Waals surface area contributed by atoms with Gasteiger partial charge in [0.2, 0.25) is 0 Å². The lowest BCUT2D eigenvalue weighted by atomic mass is 10.1. The maximum absolute atomic E-state index is 6.07. The average Bonchev–Trinajstić information content (AvgIpc) is 3.26. The van der Waals surface area contributed by atoms with E-state index in [1.54, 1.807) is 0 Å². The second-order valence-corrected chi connectivity index (χ2v) is 7.21. The molecule has 2 fully saturated rings. The Morgan fingerprint density at radius 3 is 2.55 bits per heavy atom. The summed E-state index contributed by atoms with van der Waals surface area (Å²) < 4.78 is 13.5. The molecule has 1 aliphatic heterocycles.